The van der Waals surface area contributed by atoms with E-state index in [0.717, 1.165) is 25.0 Å². The molecule has 0 spiro atoms. The number of anilines is 1. The van der Waals surface area contributed by atoms with Gasteiger partial charge in [-0.2, -0.15) is 14.8 Å². The lowest BCUT2D eigenvalue weighted by molar-refractivity contribution is 0.0933. The highest BCUT2D eigenvalue weighted by molar-refractivity contribution is 7.93. The first kappa shape index (κ1) is 18.6. The maximum absolute atomic E-state index is 12.8. The molecule has 0 radical (unpaired) electrons. The summed E-state index contributed by atoms with van der Waals surface area (Å²) in [6.45, 7) is 0. The Hall–Kier alpha value is -3.40. The number of ether oxygens (including phenoxy) is 1. The fourth-order valence-electron chi connectivity index (χ4n) is 3.96. The molecule has 3 aromatic rings. The Labute approximate surface area is 173 Å². The number of methoxy groups -OCH3 is 1. The number of benzene rings is 2. The van der Waals surface area contributed by atoms with Crippen molar-refractivity contribution in [2.24, 2.45) is 0 Å². The first-order valence-electron chi connectivity index (χ1n) is 9.48. The van der Waals surface area contributed by atoms with Crippen molar-refractivity contribution in [3.8, 4) is 11.4 Å². The van der Waals surface area contributed by atoms with Gasteiger partial charge in [-0.1, -0.05) is 6.07 Å². The fourth-order valence-corrected chi connectivity index (χ4v) is 5.16. The maximum Gasteiger partial charge on any atom is 0.266 e. The van der Waals surface area contributed by atoms with E-state index >= 15 is 0 Å². The maximum atomic E-state index is 12.8. The monoisotopic (exact) mass is 425 g/mol. The van der Waals surface area contributed by atoms with Gasteiger partial charge in [0.1, 0.15) is 17.0 Å². The standard InChI is InChI=1S/C20H19N5O4S/c1-29-16-6-3-12-8-15(5-2-13(12)9-16)23-19(26)14-4-7-17-18(10-14)30(27,28)24-20-21-11-22-25(17)20/h3-4,6-7,9-11,15H,2,5,8H2,1H3,(H,23,26)(H,21,22,24). The SMILES string of the molecule is COc1ccc2c(c1)CCC(NC(=O)c1ccc3c(c1)S(=O)(=O)Nc1ncnn1-3)C2. The van der Waals surface area contributed by atoms with Gasteiger partial charge in [0.2, 0.25) is 5.95 Å². The average Bonchev–Trinajstić information content (AvgIpc) is 3.20. The second kappa shape index (κ2) is 6.84. The molecule has 1 unspecified atom stereocenters. The van der Waals surface area contributed by atoms with Crippen LogP contribution in [0.2, 0.25) is 0 Å². The Morgan fingerprint density at radius 1 is 1.23 bits per heavy atom. The number of carbonyl (C=O) groups excluding carboxylic acids is 1. The summed E-state index contributed by atoms with van der Waals surface area (Å²) in [5, 5.41) is 7.07. The number of aromatic nitrogens is 3. The number of rotatable bonds is 3. The molecule has 2 aliphatic rings. The van der Waals surface area contributed by atoms with Gasteiger partial charge in [0.15, 0.2) is 0 Å². The van der Waals surface area contributed by atoms with Crippen LogP contribution in [0.4, 0.5) is 5.95 Å². The van der Waals surface area contributed by atoms with Crippen LogP contribution in [0.1, 0.15) is 27.9 Å². The van der Waals surface area contributed by atoms with Crippen LogP contribution in [0.3, 0.4) is 0 Å². The molecule has 1 atom stereocenters. The third-order valence-corrected chi connectivity index (χ3v) is 6.85. The van der Waals surface area contributed by atoms with Gasteiger partial charge in [0.05, 0.1) is 12.8 Å². The van der Waals surface area contributed by atoms with Crippen molar-refractivity contribution in [1.82, 2.24) is 20.1 Å². The number of hydrogen-bond donors (Lipinski definition) is 2. The topological polar surface area (TPSA) is 115 Å². The van der Waals surface area contributed by atoms with Crippen molar-refractivity contribution in [2.45, 2.75) is 30.2 Å². The minimum atomic E-state index is -3.83. The summed E-state index contributed by atoms with van der Waals surface area (Å²) in [5.41, 5.74) is 3.05. The number of aryl methyl sites for hydroxylation is 1. The van der Waals surface area contributed by atoms with Crippen molar-refractivity contribution >= 4 is 21.9 Å². The molecule has 2 heterocycles. The molecule has 2 N–H and O–H groups in total. The number of fused-ring (bicyclic) bond motifs is 4. The normalized spacial score (nSPS) is 18.4. The fraction of sp³-hybridized carbons (Fsp3) is 0.250. The minimum Gasteiger partial charge on any atom is -0.497 e. The van der Waals surface area contributed by atoms with E-state index in [9.17, 15) is 13.2 Å². The number of amides is 1. The highest BCUT2D eigenvalue weighted by atomic mass is 32.2. The van der Waals surface area contributed by atoms with Crippen LogP contribution in [0.5, 0.6) is 5.75 Å². The summed E-state index contributed by atoms with van der Waals surface area (Å²) in [6, 6.07) is 10.5. The molecule has 0 saturated heterocycles. The van der Waals surface area contributed by atoms with Crippen LogP contribution in [0.25, 0.3) is 5.69 Å². The predicted molar refractivity (Wildman–Crippen MR) is 108 cm³/mol. The Kier molecular flexibility index (Phi) is 4.24. The molecular formula is C20H19N5O4S. The molecule has 154 valence electrons. The van der Waals surface area contributed by atoms with E-state index in [0.29, 0.717) is 5.69 Å². The van der Waals surface area contributed by atoms with Gasteiger partial charge in [-0.25, -0.2) is 13.1 Å². The summed E-state index contributed by atoms with van der Waals surface area (Å²) in [7, 11) is -2.18. The third-order valence-electron chi connectivity index (χ3n) is 5.49. The van der Waals surface area contributed by atoms with Crippen LogP contribution >= 0.6 is 0 Å². The molecule has 2 aromatic carbocycles. The molecule has 1 aliphatic heterocycles. The molecule has 0 bridgehead atoms. The van der Waals surface area contributed by atoms with Gasteiger partial charge in [0, 0.05) is 11.6 Å². The van der Waals surface area contributed by atoms with Crippen molar-refractivity contribution in [3.05, 3.63) is 59.4 Å². The van der Waals surface area contributed by atoms with Crippen LogP contribution in [0.15, 0.2) is 47.6 Å². The van der Waals surface area contributed by atoms with Crippen molar-refractivity contribution < 1.29 is 17.9 Å². The molecule has 1 aromatic heterocycles. The molecule has 1 amide bonds. The Morgan fingerprint density at radius 2 is 2.10 bits per heavy atom. The van der Waals surface area contributed by atoms with Crippen molar-refractivity contribution in [3.63, 3.8) is 0 Å². The van der Waals surface area contributed by atoms with E-state index in [1.807, 2.05) is 18.2 Å². The van der Waals surface area contributed by atoms with Crippen LogP contribution in [-0.2, 0) is 22.9 Å². The van der Waals surface area contributed by atoms with Gasteiger partial charge >= 0.3 is 0 Å². The van der Waals surface area contributed by atoms with E-state index in [2.05, 4.69) is 20.1 Å². The number of nitrogens with one attached hydrogen (secondary N) is 2. The van der Waals surface area contributed by atoms with Gasteiger partial charge < -0.3 is 10.1 Å². The zero-order valence-corrected chi connectivity index (χ0v) is 16.9. The molecule has 0 saturated carbocycles. The van der Waals surface area contributed by atoms with Crippen LogP contribution < -0.4 is 14.8 Å². The molecule has 1 aliphatic carbocycles. The van der Waals surface area contributed by atoms with Crippen molar-refractivity contribution in [1.29, 1.82) is 0 Å². The Bertz CT molecular complexity index is 1270. The van der Waals surface area contributed by atoms with E-state index < -0.39 is 10.0 Å². The first-order valence-corrected chi connectivity index (χ1v) is 11.0. The second-order valence-electron chi connectivity index (χ2n) is 7.33. The lowest BCUT2D eigenvalue weighted by atomic mass is 9.88. The molecule has 10 heteroatoms. The number of carbonyl (C=O) groups is 1. The molecule has 0 fully saturated rings. The van der Waals surface area contributed by atoms with E-state index in [1.165, 1.54) is 28.2 Å². The smallest absolute Gasteiger partial charge is 0.266 e. The number of hydrogen-bond acceptors (Lipinski definition) is 6. The van der Waals surface area contributed by atoms with Crippen molar-refractivity contribution in [2.75, 3.05) is 11.8 Å². The van der Waals surface area contributed by atoms with E-state index in [-0.39, 0.29) is 28.4 Å². The zero-order valence-electron chi connectivity index (χ0n) is 16.1. The Morgan fingerprint density at radius 3 is 2.93 bits per heavy atom. The summed E-state index contributed by atoms with van der Waals surface area (Å²) in [5.74, 6) is 0.646. The molecule has 9 nitrogen and oxygen atoms in total. The summed E-state index contributed by atoms with van der Waals surface area (Å²) < 4.78 is 34.1. The highest BCUT2D eigenvalue weighted by Crippen LogP contribution is 2.30. The van der Waals surface area contributed by atoms with Gasteiger partial charge in [-0.3, -0.25) is 4.79 Å². The van der Waals surface area contributed by atoms with Crippen LogP contribution in [0, 0.1) is 0 Å². The first-order chi connectivity index (χ1) is 14.4. The molecular weight excluding hydrogens is 406 g/mol. The van der Waals surface area contributed by atoms with Gasteiger partial charge in [-0.05, 0) is 60.7 Å². The summed E-state index contributed by atoms with van der Waals surface area (Å²) in [4.78, 5) is 16.7. The number of nitrogens with zero attached hydrogens (tertiary/aromatic N) is 3. The number of sulfonamides is 1. The quantitative estimate of drug-likeness (QED) is 0.660. The largest absolute Gasteiger partial charge is 0.497 e. The lowest BCUT2D eigenvalue weighted by Crippen LogP contribution is -2.39. The molecule has 5 rings (SSSR count). The lowest BCUT2D eigenvalue weighted by Gasteiger charge is -2.26. The minimum absolute atomic E-state index is 0.00534. The van der Waals surface area contributed by atoms with Crippen LogP contribution in [-0.4, -0.2) is 42.2 Å². The zero-order chi connectivity index (χ0) is 20.9. The van der Waals surface area contributed by atoms with E-state index in [4.69, 9.17) is 4.74 Å². The third kappa shape index (κ3) is 3.09. The van der Waals surface area contributed by atoms with E-state index in [1.54, 1.807) is 19.2 Å². The van der Waals surface area contributed by atoms with Gasteiger partial charge in [0.25, 0.3) is 15.9 Å². The second-order valence-corrected chi connectivity index (χ2v) is 8.98. The Balaban J connectivity index is 1.38. The highest BCUT2D eigenvalue weighted by Gasteiger charge is 2.30. The summed E-state index contributed by atoms with van der Waals surface area (Å²) >= 11 is 0. The molecule has 30 heavy (non-hydrogen) atoms. The average molecular weight is 425 g/mol. The summed E-state index contributed by atoms with van der Waals surface area (Å²) in [6.07, 6.45) is 3.64. The predicted octanol–water partition coefficient (Wildman–Crippen LogP) is 1.68. The van der Waals surface area contributed by atoms with Gasteiger partial charge in [-0.15, -0.1) is 0 Å².